The molecule has 0 saturated heterocycles. The van der Waals surface area contributed by atoms with Crippen LogP contribution in [0.25, 0.3) is 11.0 Å². The molecule has 0 aliphatic heterocycles. The molecule has 0 aliphatic carbocycles. The molecule has 26 heavy (non-hydrogen) atoms. The van der Waals surface area contributed by atoms with Gasteiger partial charge in [-0.15, -0.1) is 11.8 Å². The van der Waals surface area contributed by atoms with Crippen molar-refractivity contribution in [2.24, 2.45) is 20.0 Å². The van der Waals surface area contributed by atoms with Crippen molar-refractivity contribution in [2.75, 3.05) is 7.11 Å². The standard InChI is InChI=1S/C18H25N3O4S/c1-7-12(17(23)25-6)26-14-11(8-10(2)3)9-19-15-13(14)16(22)21(5)18(24)20(15)4/h9-10,12H,7-8H2,1-6H3. The van der Waals surface area contributed by atoms with Gasteiger partial charge < -0.3 is 4.74 Å². The first-order chi connectivity index (χ1) is 12.2. The summed E-state index contributed by atoms with van der Waals surface area (Å²) in [5, 5.41) is -0.0569. The topological polar surface area (TPSA) is 83.2 Å². The van der Waals surface area contributed by atoms with Crippen molar-refractivity contribution in [2.45, 2.75) is 43.8 Å². The summed E-state index contributed by atoms with van der Waals surface area (Å²) in [4.78, 5) is 42.2. The normalized spacial score (nSPS) is 12.6. The highest BCUT2D eigenvalue weighted by atomic mass is 32.2. The average Bonchev–Trinajstić information content (AvgIpc) is 2.62. The fourth-order valence-corrected chi connectivity index (χ4v) is 4.06. The van der Waals surface area contributed by atoms with Crippen LogP contribution in [0.5, 0.6) is 0 Å². The maximum absolute atomic E-state index is 12.8. The van der Waals surface area contributed by atoms with E-state index in [1.165, 1.54) is 30.5 Å². The Balaban J connectivity index is 2.83. The maximum Gasteiger partial charge on any atom is 0.332 e. The summed E-state index contributed by atoms with van der Waals surface area (Å²) in [5.41, 5.74) is 0.398. The predicted octanol–water partition coefficient (Wildman–Crippen LogP) is 1.87. The third kappa shape index (κ3) is 3.70. The lowest BCUT2D eigenvalue weighted by atomic mass is 10.0. The number of esters is 1. The van der Waals surface area contributed by atoms with E-state index in [2.05, 4.69) is 18.8 Å². The first-order valence-corrected chi connectivity index (χ1v) is 9.42. The van der Waals surface area contributed by atoms with Gasteiger partial charge in [-0.3, -0.25) is 18.7 Å². The molecule has 2 rings (SSSR count). The molecule has 0 fully saturated rings. The van der Waals surface area contributed by atoms with E-state index in [4.69, 9.17) is 4.74 Å². The van der Waals surface area contributed by atoms with Crippen molar-refractivity contribution in [1.29, 1.82) is 0 Å². The zero-order chi connectivity index (χ0) is 19.6. The Morgan fingerprint density at radius 2 is 1.92 bits per heavy atom. The minimum Gasteiger partial charge on any atom is -0.468 e. The summed E-state index contributed by atoms with van der Waals surface area (Å²) in [6, 6.07) is 0. The highest BCUT2D eigenvalue weighted by molar-refractivity contribution is 8.00. The van der Waals surface area contributed by atoms with Crippen molar-refractivity contribution in [3.8, 4) is 0 Å². The maximum atomic E-state index is 12.8. The largest absolute Gasteiger partial charge is 0.468 e. The lowest BCUT2D eigenvalue weighted by Gasteiger charge is -2.18. The van der Waals surface area contributed by atoms with Crippen molar-refractivity contribution in [3.63, 3.8) is 0 Å². The van der Waals surface area contributed by atoms with Gasteiger partial charge in [-0.1, -0.05) is 20.8 Å². The Morgan fingerprint density at radius 3 is 2.46 bits per heavy atom. The van der Waals surface area contributed by atoms with Crippen LogP contribution < -0.4 is 11.2 Å². The number of rotatable bonds is 6. The van der Waals surface area contributed by atoms with Crippen molar-refractivity contribution < 1.29 is 9.53 Å². The van der Waals surface area contributed by atoms with Crippen molar-refractivity contribution in [3.05, 3.63) is 32.6 Å². The number of carbonyl (C=O) groups is 1. The molecule has 8 heteroatoms. The Kier molecular flexibility index (Phi) is 6.28. The van der Waals surface area contributed by atoms with Crippen LogP contribution in [-0.4, -0.2) is 32.4 Å². The van der Waals surface area contributed by atoms with Crippen molar-refractivity contribution in [1.82, 2.24) is 14.1 Å². The van der Waals surface area contributed by atoms with E-state index < -0.39 is 16.5 Å². The molecule has 0 spiro atoms. The second kappa shape index (κ2) is 8.07. The van der Waals surface area contributed by atoms with Crippen LogP contribution in [0.15, 0.2) is 20.7 Å². The van der Waals surface area contributed by atoms with Gasteiger partial charge in [0.15, 0.2) is 0 Å². The summed E-state index contributed by atoms with van der Waals surface area (Å²) in [6.07, 6.45) is 2.98. The first-order valence-electron chi connectivity index (χ1n) is 8.54. The Hall–Kier alpha value is -2.09. The molecule has 7 nitrogen and oxygen atoms in total. The van der Waals surface area contributed by atoms with E-state index in [1.807, 2.05) is 6.92 Å². The highest BCUT2D eigenvalue weighted by Gasteiger charge is 2.24. The van der Waals surface area contributed by atoms with Gasteiger partial charge in [-0.05, 0) is 24.3 Å². The number of aromatic nitrogens is 3. The fourth-order valence-electron chi connectivity index (χ4n) is 2.83. The van der Waals surface area contributed by atoms with Crippen LogP contribution in [0.1, 0.15) is 32.8 Å². The predicted molar refractivity (Wildman–Crippen MR) is 103 cm³/mol. The van der Waals surface area contributed by atoms with Gasteiger partial charge in [0.2, 0.25) is 0 Å². The minimum atomic E-state index is -0.432. The minimum absolute atomic E-state index is 0.327. The second-order valence-corrected chi connectivity index (χ2v) is 7.87. The molecular weight excluding hydrogens is 354 g/mol. The van der Waals surface area contributed by atoms with E-state index >= 15 is 0 Å². The highest BCUT2D eigenvalue weighted by Crippen LogP contribution is 2.34. The molecule has 0 amide bonds. The third-order valence-corrected chi connectivity index (χ3v) is 5.73. The molecule has 0 bridgehead atoms. The molecule has 0 aromatic carbocycles. The number of fused-ring (bicyclic) bond motifs is 1. The molecule has 2 heterocycles. The number of thioether (sulfide) groups is 1. The molecule has 0 radical (unpaired) electrons. The Morgan fingerprint density at radius 1 is 1.27 bits per heavy atom. The van der Waals surface area contributed by atoms with Gasteiger partial charge in [0.05, 0.1) is 12.5 Å². The van der Waals surface area contributed by atoms with E-state index in [0.29, 0.717) is 28.3 Å². The van der Waals surface area contributed by atoms with Crippen molar-refractivity contribution >= 4 is 28.8 Å². The number of hydrogen-bond donors (Lipinski definition) is 0. The van der Waals surface area contributed by atoms with E-state index in [-0.39, 0.29) is 5.97 Å². The molecule has 142 valence electrons. The van der Waals surface area contributed by atoms with E-state index in [9.17, 15) is 14.4 Å². The van der Waals surface area contributed by atoms with E-state index in [0.717, 1.165) is 16.6 Å². The monoisotopic (exact) mass is 379 g/mol. The van der Waals surface area contributed by atoms with Crippen LogP contribution in [0.2, 0.25) is 0 Å². The number of methoxy groups -OCH3 is 1. The van der Waals surface area contributed by atoms with E-state index in [1.54, 1.807) is 13.2 Å². The van der Waals surface area contributed by atoms with Gasteiger partial charge in [0.25, 0.3) is 5.56 Å². The number of ether oxygens (including phenoxy) is 1. The molecule has 0 N–H and O–H groups in total. The summed E-state index contributed by atoms with van der Waals surface area (Å²) in [6.45, 7) is 6.05. The number of pyridine rings is 1. The quantitative estimate of drug-likeness (QED) is 0.563. The smallest absolute Gasteiger partial charge is 0.332 e. The molecule has 2 aromatic heterocycles. The number of carbonyl (C=O) groups excluding carboxylic acids is 1. The fraction of sp³-hybridized carbons (Fsp3) is 0.556. The average molecular weight is 379 g/mol. The second-order valence-electron chi connectivity index (χ2n) is 6.65. The number of hydrogen-bond acceptors (Lipinski definition) is 6. The number of nitrogens with zero attached hydrogens (tertiary/aromatic N) is 3. The molecule has 1 unspecified atom stereocenters. The molecule has 2 aromatic rings. The molecule has 0 saturated carbocycles. The Labute approximate surface area is 156 Å². The molecule has 1 atom stereocenters. The zero-order valence-corrected chi connectivity index (χ0v) is 16.8. The van der Waals surface area contributed by atoms with Crippen LogP contribution in [0, 0.1) is 5.92 Å². The van der Waals surface area contributed by atoms with Crippen LogP contribution in [0.3, 0.4) is 0 Å². The Bertz CT molecular complexity index is 946. The molecule has 0 aliphatic rings. The van der Waals surface area contributed by atoms with Gasteiger partial charge >= 0.3 is 11.7 Å². The van der Waals surface area contributed by atoms with Gasteiger partial charge in [0, 0.05) is 25.2 Å². The SMILES string of the molecule is CCC(Sc1c(CC(C)C)cnc2c1c(=O)n(C)c(=O)n2C)C(=O)OC. The summed E-state index contributed by atoms with van der Waals surface area (Å²) in [5.74, 6) is 0.0165. The summed E-state index contributed by atoms with van der Waals surface area (Å²) in [7, 11) is 4.39. The zero-order valence-electron chi connectivity index (χ0n) is 16.0. The van der Waals surface area contributed by atoms with Crippen LogP contribution in [-0.2, 0) is 30.0 Å². The van der Waals surface area contributed by atoms with Gasteiger partial charge in [-0.2, -0.15) is 0 Å². The van der Waals surface area contributed by atoms with Crippen LogP contribution in [0.4, 0.5) is 0 Å². The summed E-state index contributed by atoms with van der Waals surface area (Å²) >= 11 is 1.31. The van der Waals surface area contributed by atoms with Gasteiger partial charge in [0.1, 0.15) is 10.9 Å². The van der Waals surface area contributed by atoms with Gasteiger partial charge in [-0.25, -0.2) is 9.78 Å². The molecular formula is C18H25N3O4S. The lowest BCUT2D eigenvalue weighted by molar-refractivity contribution is -0.140. The van der Waals surface area contributed by atoms with Crippen LogP contribution >= 0.6 is 11.8 Å². The third-order valence-electron chi connectivity index (χ3n) is 4.22. The summed E-state index contributed by atoms with van der Waals surface area (Å²) < 4.78 is 7.33. The lowest BCUT2D eigenvalue weighted by Crippen LogP contribution is -2.37. The number of aryl methyl sites for hydroxylation is 1. The first kappa shape index (κ1) is 20.2.